The predicted molar refractivity (Wildman–Crippen MR) is 216 cm³/mol. The Balaban J connectivity index is 1.44. The third-order valence-electron chi connectivity index (χ3n) is 9.43. The number of nitrogens with one attached hydrogen (secondary N) is 2. The van der Waals surface area contributed by atoms with E-state index in [9.17, 15) is 28.1 Å². The second-order valence-electron chi connectivity index (χ2n) is 13.9. The van der Waals surface area contributed by atoms with Gasteiger partial charge in [-0.2, -0.15) is 5.06 Å². The molecule has 0 aliphatic rings. The number of halogens is 1. The zero-order chi connectivity index (χ0) is 41.5. The zero-order valence-corrected chi connectivity index (χ0v) is 34.3. The number of amides is 3. The van der Waals surface area contributed by atoms with Crippen molar-refractivity contribution in [1.82, 2.24) is 15.7 Å². The summed E-state index contributed by atoms with van der Waals surface area (Å²) in [5.41, 5.74) is 1.94. The molecule has 0 fully saturated rings. The van der Waals surface area contributed by atoms with Crippen LogP contribution in [0.25, 0.3) is 11.3 Å². The lowest BCUT2D eigenvalue weighted by Gasteiger charge is -2.32. The van der Waals surface area contributed by atoms with Crippen molar-refractivity contribution in [2.45, 2.75) is 85.3 Å². The molecule has 306 valence electrons. The highest BCUT2D eigenvalue weighted by Gasteiger charge is 2.34. The summed E-state index contributed by atoms with van der Waals surface area (Å²) in [6, 6.07) is 20.5. The van der Waals surface area contributed by atoms with E-state index in [1.165, 1.54) is 24.9 Å². The van der Waals surface area contributed by atoms with Crippen LogP contribution in [0.1, 0.15) is 105 Å². The molecule has 14 heteroatoms. The van der Waals surface area contributed by atoms with Crippen molar-refractivity contribution in [2.24, 2.45) is 5.92 Å². The number of hydrogen-bond acceptors (Lipinski definition) is 9. The SMILES string of the molecule is CCCCC[C@@H](C(=O)NCNC(=O)c1ccc(-c2cc(OCC)cc(P(C)(=O)OCc3ccccc3)c2)o1)[C@@H](CC)N(C=O)OC(=O)c1ccc(F)cc1C(C)C. The van der Waals surface area contributed by atoms with Crippen LogP contribution in [0, 0.1) is 11.7 Å². The second-order valence-corrected chi connectivity index (χ2v) is 16.4. The second kappa shape index (κ2) is 21.3. The van der Waals surface area contributed by atoms with E-state index < -0.39 is 42.9 Å². The number of unbranched alkanes of at least 4 members (excludes halogenated alkanes) is 2. The molecule has 3 atom stereocenters. The summed E-state index contributed by atoms with van der Waals surface area (Å²) in [7, 11) is -3.31. The lowest BCUT2D eigenvalue weighted by Crippen LogP contribution is -2.49. The number of carbonyl (C=O) groups is 4. The number of benzene rings is 3. The van der Waals surface area contributed by atoms with Gasteiger partial charge in [0.15, 0.2) is 5.76 Å². The van der Waals surface area contributed by atoms with E-state index in [4.69, 9.17) is 18.5 Å². The maximum Gasteiger partial charge on any atom is 0.363 e. The van der Waals surface area contributed by atoms with Gasteiger partial charge in [-0.15, -0.1) is 0 Å². The number of furan rings is 1. The summed E-state index contributed by atoms with van der Waals surface area (Å²) in [5, 5.41) is 6.64. The van der Waals surface area contributed by atoms with Crippen LogP contribution in [0.5, 0.6) is 5.75 Å². The van der Waals surface area contributed by atoms with Gasteiger partial charge in [0.05, 0.1) is 37.4 Å². The zero-order valence-electron chi connectivity index (χ0n) is 33.4. The quantitative estimate of drug-likeness (QED) is 0.0262. The Labute approximate surface area is 333 Å². The molecule has 0 bridgehead atoms. The van der Waals surface area contributed by atoms with E-state index in [1.807, 2.05) is 58.0 Å². The topological polar surface area (TPSA) is 153 Å². The van der Waals surface area contributed by atoms with Crippen LogP contribution in [-0.4, -0.2) is 55.2 Å². The number of nitrogens with zero attached hydrogens (tertiary/aromatic N) is 1. The standard InChI is InChI=1S/C43H53FN3O9P/c1-7-10-12-17-36(38(8-2)47(28-48)56-43(51)35-19-18-32(44)24-37(35)29(4)5)41(49)45-27-46-42(50)40-21-20-39(55-40)31-22-33(53-9-3)25-34(23-31)57(6,52)54-26-30-15-13-11-14-16-30/h11,13-16,18-25,28-29,36,38H,7-10,12,17,26-27H2,1-6H3,(H,45,49)(H,46,50)/t36-,38-,57?/m1/s1. The molecule has 3 amide bonds. The van der Waals surface area contributed by atoms with Crippen molar-refractivity contribution in [3.05, 3.63) is 107 Å². The Morgan fingerprint density at radius 3 is 2.37 bits per heavy atom. The molecule has 3 aromatic carbocycles. The summed E-state index contributed by atoms with van der Waals surface area (Å²) >= 11 is 0. The van der Waals surface area contributed by atoms with Gasteiger partial charge in [-0.25, -0.2) is 9.18 Å². The Morgan fingerprint density at radius 2 is 1.70 bits per heavy atom. The normalized spacial score (nSPS) is 13.3. The Morgan fingerprint density at radius 1 is 0.947 bits per heavy atom. The van der Waals surface area contributed by atoms with Crippen LogP contribution in [0.3, 0.4) is 0 Å². The van der Waals surface area contributed by atoms with Gasteiger partial charge in [0.1, 0.15) is 17.3 Å². The average Bonchev–Trinajstić information content (AvgIpc) is 3.70. The van der Waals surface area contributed by atoms with E-state index >= 15 is 0 Å². The van der Waals surface area contributed by atoms with Gasteiger partial charge in [-0.3, -0.25) is 18.9 Å². The molecule has 57 heavy (non-hydrogen) atoms. The number of carbonyl (C=O) groups excluding carboxylic acids is 4. The first-order chi connectivity index (χ1) is 27.3. The maximum absolute atomic E-state index is 14.0. The van der Waals surface area contributed by atoms with Crippen molar-refractivity contribution in [1.29, 1.82) is 0 Å². The molecule has 1 unspecified atom stereocenters. The molecule has 0 saturated carbocycles. The molecule has 1 heterocycles. The highest BCUT2D eigenvalue weighted by Crippen LogP contribution is 2.44. The largest absolute Gasteiger partial charge is 0.494 e. The first kappa shape index (κ1) is 44.5. The first-order valence-electron chi connectivity index (χ1n) is 19.3. The van der Waals surface area contributed by atoms with Crippen LogP contribution in [0.2, 0.25) is 0 Å². The van der Waals surface area contributed by atoms with E-state index in [2.05, 4.69) is 10.6 Å². The van der Waals surface area contributed by atoms with E-state index in [0.29, 0.717) is 53.8 Å². The van der Waals surface area contributed by atoms with Gasteiger partial charge < -0.3 is 29.1 Å². The lowest BCUT2D eigenvalue weighted by atomic mass is 9.90. The van der Waals surface area contributed by atoms with Gasteiger partial charge in [0.25, 0.3) is 5.91 Å². The van der Waals surface area contributed by atoms with Crippen molar-refractivity contribution >= 4 is 36.9 Å². The molecule has 0 aliphatic carbocycles. The Hall–Kier alpha value is -5.26. The maximum atomic E-state index is 14.0. The fourth-order valence-electron chi connectivity index (χ4n) is 6.37. The minimum Gasteiger partial charge on any atom is -0.494 e. The highest BCUT2D eigenvalue weighted by molar-refractivity contribution is 7.66. The molecular weight excluding hydrogens is 752 g/mol. The van der Waals surface area contributed by atoms with Crippen LogP contribution in [0.4, 0.5) is 4.39 Å². The van der Waals surface area contributed by atoms with Crippen molar-refractivity contribution in [2.75, 3.05) is 19.9 Å². The fourth-order valence-corrected chi connectivity index (χ4v) is 7.65. The fraction of sp³-hybridized carbons (Fsp3) is 0.395. The average molecular weight is 806 g/mol. The summed E-state index contributed by atoms with van der Waals surface area (Å²) in [6.45, 7) is 11.0. The molecule has 0 aliphatic heterocycles. The number of ether oxygens (including phenoxy) is 1. The predicted octanol–water partition coefficient (Wildman–Crippen LogP) is 8.37. The molecule has 0 saturated heterocycles. The Bertz CT molecular complexity index is 2020. The van der Waals surface area contributed by atoms with E-state index in [0.717, 1.165) is 29.5 Å². The first-order valence-corrected chi connectivity index (χ1v) is 21.3. The smallest absolute Gasteiger partial charge is 0.363 e. The molecule has 4 aromatic rings. The van der Waals surface area contributed by atoms with Crippen molar-refractivity contribution in [3.63, 3.8) is 0 Å². The van der Waals surface area contributed by atoms with Gasteiger partial charge >= 0.3 is 5.97 Å². The Kier molecular flexibility index (Phi) is 16.6. The summed E-state index contributed by atoms with van der Waals surface area (Å²) in [6.07, 6.45) is 3.41. The minimum atomic E-state index is -3.31. The molecule has 4 rings (SSSR count). The van der Waals surface area contributed by atoms with Gasteiger partial charge in [0.2, 0.25) is 19.7 Å². The molecule has 2 N–H and O–H groups in total. The molecule has 0 radical (unpaired) electrons. The molecule has 0 spiro atoms. The molecular formula is C43H53FN3O9P. The summed E-state index contributed by atoms with van der Waals surface area (Å²) in [4.78, 5) is 58.0. The molecule has 12 nitrogen and oxygen atoms in total. The van der Waals surface area contributed by atoms with E-state index in [-0.39, 0.29) is 36.9 Å². The third kappa shape index (κ3) is 12.4. The van der Waals surface area contributed by atoms with Crippen LogP contribution >= 0.6 is 7.37 Å². The number of hydrogen-bond donors (Lipinski definition) is 2. The highest BCUT2D eigenvalue weighted by atomic mass is 31.2. The lowest BCUT2D eigenvalue weighted by molar-refractivity contribution is -0.171. The number of rotatable bonds is 22. The van der Waals surface area contributed by atoms with Gasteiger partial charge in [0, 0.05) is 17.5 Å². The van der Waals surface area contributed by atoms with Gasteiger partial charge in [-0.05, 0) is 85.3 Å². The number of hydroxylamine groups is 2. The van der Waals surface area contributed by atoms with Crippen molar-refractivity contribution in [3.8, 4) is 17.1 Å². The molecule has 1 aromatic heterocycles. The third-order valence-corrected chi connectivity index (χ3v) is 11.2. The van der Waals surface area contributed by atoms with Crippen LogP contribution in [0.15, 0.2) is 83.3 Å². The summed E-state index contributed by atoms with van der Waals surface area (Å²) < 4.78 is 45.3. The van der Waals surface area contributed by atoms with E-state index in [1.54, 1.807) is 31.2 Å². The van der Waals surface area contributed by atoms with Crippen LogP contribution in [-0.2, 0) is 30.1 Å². The van der Waals surface area contributed by atoms with Crippen molar-refractivity contribution < 1.29 is 46.6 Å². The minimum absolute atomic E-state index is 0.0332. The van der Waals surface area contributed by atoms with Crippen LogP contribution < -0.4 is 20.7 Å². The summed E-state index contributed by atoms with van der Waals surface area (Å²) in [5.74, 6) is -2.65. The monoisotopic (exact) mass is 805 g/mol. The van der Waals surface area contributed by atoms with Gasteiger partial charge in [-0.1, -0.05) is 77.3 Å².